The van der Waals surface area contributed by atoms with Crippen LogP contribution in [0, 0.1) is 12.3 Å². The van der Waals surface area contributed by atoms with Gasteiger partial charge >= 0.3 is 0 Å². The maximum Gasteiger partial charge on any atom is 0.0688 e. The van der Waals surface area contributed by atoms with E-state index in [1.165, 1.54) is 32.4 Å². The fraction of sp³-hybridized carbons (Fsp3) is 0.846. The van der Waals surface area contributed by atoms with Gasteiger partial charge in [0.1, 0.15) is 0 Å². The maximum atomic E-state index is 5.52. The Morgan fingerprint density at radius 1 is 1.47 bits per heavy atom. The summed E-state index contributed by atoms with van der Waals surface area (Å²) in [6, 6.07) is 0.908. The summed E-state index contributed by atoms with van der Waals surface area (Å²) >= 11 is 0. The molecule has 0 aromatic heterocycles. The van der Waals surface area contributed by atoms with Gasteiger partial charge in [0.05, 0.1) is 6.04 Å². The van der Waals surface area contributed by atoms with E-state index in [4.69, 9.17) is 6.42 Å². The van der Waals surface area contributed by atoms with Gasteiger partial charge in [-0.1, -0.05) is 19.3 Å². The quantitative estimate of drug-likeness (QED) is 0.710. The molecular formula is C13H24N2. The van der Waals surface area contributed by atoms with E-state index in [1.54, 1.807) is 0 Å². The van der Waals surface area contributed by atoms with Crippen LogP contribution in [0.3, 0.4) is 0 Å². The second kappa shape index (κ2) is 6.87. The van der Waals surface area contributed by atoms with E-state index in [-0.39, 0.29) is 6.04 Å². The average Bonchev–Trinajstić information content (AvgIpc) is 2.43. The topological polar surface area (TPSA) is 15.3 Å². The second-order valence-corrected chi connectivity index (χ2v) is 4.61. The number of nitrogens with one attached hydrogen (secondary N) is 1. The van der Waals surface area contributed by atoms with Crippen molar-refractivity contribution < 1.29 is 0 Å². The summed E-state index contributed by atoms with van der Waals surface area (Å²) in [6.07, 6.45) is 11.6. The van der Waals surface area contributed by atoms with E-state index < -0.39 is 0 Å². The lowest BCUT2D eigenvalue weighted by molar-refractivity contribution is 0.341. The third-order valence-electron chi connectivity index (χ3n) is 3.17. The van der Waals surface area contributed by atoms with Crippen molar-refractivity contribution in [1.82, 2.24) is 10.2 Å². The maximum absolute atomic E-state index is 5.52. The van der Waals surface area contributed by atoms with Gasteiger partial charge in [0, 0.05) is 6.04 Å². The number of likely N-dealkylation sites (tertiary alicyclic amines) is 1. The zero-order valence-corrected chi connectivity index (χ0v) is 10.1. The molecule has 2 nitrogen and oxygen atoms in total. The Bertz CT molecular complexity index is 207. The zero-order valence-electron chi connectivity index (χ0n) is 10.1. The summed E-state index contributed by atoms with van der Waals surface area (Å²) < 4.78 is 0. The number of terminal acetylenes is 1. The fourth-order valence-electron chi connectivity index (χ4n) is 2.19. The van der Waals surface area contributed by atoms with Gasteiger partial charge in [-0.05, 0) is 45.8 Å². The van der Waals surface area contributed by atoms with Gasteiger partial charge in [-0.25, -0.2) is 0 Å². The molecule has 2 unspecified atom stereocenters. The molecule has 0 saturated carbocycles. The molecule has 0 radical (unpaired) electrons. The van der Waals surface area contributed by atoms with Crippen LogP contribution in [0.4, 0.5) is 0 Å². The Balaban J connectivity index is 2.33. The first-order valence-corrected chi connectivity index (χ1v) is 6.17. The van der Waals surface area contributed by atoms with E-state index in [2.05, 4.69) is 30.1 Å². The van der Waals surface area contributed by atoms with Crippen molar-refractivity contribution in [3.8, 4) is 12.3 Å². The average molecular weight is 208 g/mol. The van der Waals surface area contributed by atoms with E-state index >= 15 is 0 Å². The molecule has 1 fully saturated rings. The van der Waals surface area contributed by atoms with E-state index in [0.29, 0.717) is 6.04 Å². The van der Waals surface area contributed by atoms with Crippen LogP contribution < -0.4 is 5.32 Å². The highest BCUT2D eigenvalue weighted by atomic mass is 15.1. The Morgan fingerprint density at radius 3 is 2.93 bits per heavy atom. The summed E-state index contributed by atoms with van der Waals surface area (Å²) in [6.45, 7) is 4.61. The Hall–Kier alpha value is -0.520. The molecule has 1 aliphatic heterocycles. The molecule has 2 atom stereocenters. The molecule has 0 aromatic rings. The first-order chi connectivity index (χ1) is 7.26. The summed E-state index contributed by atoms with van der Waals surface area (Å²) in [5, 5.41) is 3.60. The SMILES string of the molecule is C#CC(CCC)NC1CCCN(C)CC1. The normalized spacial score (nSPS) is 25.5. The van der Waals surface area contributed by atoms with Gasteiger partial charge in [0.2, 0.25) is 0 Å². The van der Waals surface area contributed by atoms with E-state index in [9.17, 15) is 0 Å². The van der Waals surface area contributed by atoms with Gasteiger partial charge in [-0.3, -0.25) is 0 Å². The minimum absolute atomic E-state index is 0.281. The van der Waals surface area contributed by atoms with Crippen LogP contribution in [0.15, 0.2) is 0 Å². The summed E-state index contributed by atoms with van der Waals surface area (Å²) in [5.74, 6) is 2.86. The monoisotopic (exact) mass is 208 g/mol. The number of rotatable bonds is 4. The second-order valence-electron chi connectivity index (χ2n) is 4.61. The van der Waals surface area contributed by atoms with Crippen LogP contribution in [0.2, 0.25) is 0 Å². The van der Waals surface area contributed by atoms with Gasteiger partial charge in [0.25, 0.3) is 0 Å². The van der Waals surface area contributed by atoms with Crippen LogP contribution in [0.25, 0.3) is 0 Å². The predicted molar refractivity (Wildman–Crippen MR) is 65.8 cm³/mol. The molecule has 0 aromatic carbocycles. The molecule has 1 rings (SSSR count). The van der Waals surface area contributed by atoms with Gasteiger partial charge in [0.15, 0.2) is 0 Å². The third-order valence-corrected chi connectivity index (χ3v) is 3.17. The molecule has 1 heterocycles. The predicted octanol–water partition coefficient (Wildman–Crippen LogP) is 1.86. The highest BCUT2D eigenvalue weighted by Crippen LogP contribution is 2.11. The highest BCUT2D eigenvalue weighted by Gasteiger charge is 2.16. The lowest BCUT2D eigenvalue weighted by atomic mass is 10.1. The third kappa shape index (κ3) is 4.68. The van der Waals surface area contributed by atoms with Crippen molar-refractivity contribution in [2.24, 2.45) is 0 Å². The Morgan fingerprint density at radius 2 is 2.27 bits per heavy atom. The molecule has 1 N–H and O–H groups in total. The molecule has 1 aliphatic rings. The van der Waals surface area contributed by atoms with Crippen molar-refractivity contribution in [2.45, 2.75) is 51.1 Å². The molecule has 2 heteroatoms. The van der Waals surface area contributed by atoms with Crippen LogP contribution in [0.5, 0.6) is 0 Å². The van der Waals surface area contributed by atoms with Crippen molar-refractivity contribution in [1.29, 1.82) is 0 Å². The summed E-state index contributed by atoms with van der Waals surface area (Å²) in [5.41, 5.74) is 0. The number of hydrogen-bond donors (Lipinski definition) is 1. The molecule has 86 valence electrons. The Labute approximate surface area is 94.4 Å². The van der Waals surface area contributed by atoms with Gasteiger partial charge in [-0.2, -0.15) is 0 Å². The smallest absolute Gasteiger partial charge is 0.0688 e. The minimum Gasteiger partial charge on any atom is -0.306 e. The van der Waals surface area contributed by atoms with Crippen LogP contribution in [-0.4, -0.2) is 37.1 Å². The largest absolute Gasteiger partial charge is 0.306 e. The molecule has 0 aliphatic carbocycles. The molecule has 0 spiro atoms. The van der Waals surface area contributed by atoms with Crippen LogP contribution in [-0.2, 0) is 0 Å². The van der Waals surface area contributed by atoms with Crippen LogP contribution in [0.1, 0.15) is 39.0 Å². The van der Waals surface area contributed by atoms with E-state index in [1.807, 2.05) is 0 Å². The lowest BCUT2D eigenvalue weighted by Gasteiger charge is -2.21. The van der Waals surface area contributed by atoms with Crippen molar-refractivity contribution in [3.05, 3.63) is 0 Å². The zero-order chi connectivity index (χ0) is 11.1. The van der Waals surface area contributed by atoms with Gasteiger partial charge < -0.3 is 10.2 Å². The molecule has 15 heavy (non-hydrogen) atoms. The first kappa shape index (κ1) is 12.5. The molecule has 1 saturated heterocycles. The minimum atomic E-state index is 0.281. The number of hydrogen-bond acceptors (Lipinski definition) is 2. The standard InChI is InChI=1S/C13H24N2/c1-4-7-12(5-2)14-13-8-6-10-15(3)11-9-13/h2,12-14H,4,6-11H2,1,3H3. The lowest BCUT2D eigenvalue weighted by Crippen LogP contribution is -2.38. The molecule has 0 amide bonds. The fourth-order valence-corrected chi connectivity index (χ4v) is 2.19. The van der Waals surface area contributed by atoms with Crippen molar-refractivity contribution in [3.63, 3.8) is 0 Å². The van der Waals surface area contributed by atoms with Crippen molar-refractivity contribution >= 4 is 0 Å². The number of nitrogens with zero attached hydrogens (tertiary/aromatic N) is 1. The van der Waals surface area contributed by atoms with Gasteiger partial charge in [-0.15, -0.1) is 6.42 Å². The first-order valence-electron chi connectivity index (χ1n) is 6.17. The summed E-state index contributed by atoms with van der Waals surface area (Å²) in [4.78, 5) is 2.41. The molecule has 0 bridgehead atoms. The summed E-state index contributed by atoms with van der Waals surface area (Å²) in [7, 11) is 2.20. The Kier molecular flexibility index (Phi) is 5.75. The highest BCUT2D eigenvalue weighted by molar-refractivity contribution is 4.99. The van der Waals surface area contributed by atoms with Crippen molar-refractivity contribution in [2.75, 3.05) is 20.1 Å². The van der Waals surface area contributed by atoms with Crippen LogP contribution >= 0.6 is 0 Å². The molecular weight excluding hydrogens is 184 g/mol. The van der Waals surface area contributed by atoms with E-state index in [0.717, 1.165) is 12.8 Å².